The van der Waals surface area contributed by atoms with Crippen molar-refractivity contribution < 1.29 is 31.1 Å². The molecule has 1 N–H and O–H groups in total. The van der Waals surface area contributed by atoms with Crippen LogP contribution in [0.4, 0.5) is 32.0 Å². The molecule has 1 heterocycles. The maximum absolute atomic E-state index is 12.8. The van der Waals surface area contributed by atoms with Gasteiger partial charge in [-0.05, 0) is 31.2 Å². The average molecular weight is 351 g/mol. The highest BCUT2D eigenvalue weighted by molar-refractivity contribution is 5.93. The Bertz CT molecular complexity index is 689. The lowest BCUT2D eigenvalue weighted by atomic mass is 10.1. The summed E-state index contributed by atoms with van der Waals surface area (Å²) in [6.45, 7) is 1.40. The summed E-state index contributed by atoms with van der Waals surface area (Å²) in [5.41, 5.74) is -3.60. The molecule has 2 aromatic rings. The Labute approximate surface area is 132 Å². The van der Waals surface area contributed by atoms with Crippen LogP contribution in [0.1, 0.15) is 24.1 Å². The number of nitrogens with one attached hydrogen (secondary N) is 1. The van der Waals surface area contributed by atoms with E-state index < -0.39 is 41.1 Å². The van der Waals surface area contributed by atoms with E-state index in [9.17, 15) is 31.1 Å². The van der Waals surface area contributed by atoms with Crippen LogP contribution in [-0.4, -0.2) is 15.7 Å². The van der Waals surface area contributed by atoms with E-state index in [1.807, 2.05) is 0 Å². The predicted molar refractivity (Wildman–Crippen MR) is 72.0 cm³/mol. The molecular weight excluding hydrogens is 340 g/mol. The van der Waals surface area contributed by atoms with Crippen LogP contribution >= 0.6 is 0 Å². The van der Waals surface area contributed by atoms with Gasteiger partial charge in [0.2, 0.25) is 5.91 Å². The highest BCUT2D eigenvalue weighted by atomic mass is 19.4. The Morgan fingerprint density at radius 2 is 1.62 bits per heavy atom. The number of alkyl halides is 6. The number of amides is 1. The molecule has 0 fully saturated rings. The van der Waals surface area contributed by atoms with Crippen molar-refractivity contribution in [2.75, 3.05) is 5.32 Å². The zero-order valence-electron chi connectivity index (χ0n) is 12.1. The van der Waals surface area contributed by atoms with Crippen LogP contribution in [0, 0.1) is 0 Å². The summed E-state index contributed by atoms with van der Waals surface area (Å²) < 4.78 is 77.8. The second kappa shape index (κ2) is 6.17. The quantitative estimate of drug-likeness (QED) is 0.846. The van der Waals surface area contributed by atoms with E-state index in [4.69, 9.17) is 0 Å². The largest absolute Gasteiger partial charge is 0.416 e. The first kappa shape index (κ1) is 17.8. The molecule has 1 aromatic carbocycles. The summed E-state index contributed by atoms with van der Waals surface area (Å²) in [5, 5.41) is 5.84. The molecule has 10 heteroatoms. The van der Waals surface area contributed by atoms with Crippen molar-refractivity contribution in [2.45, 2.75) is 25.3 Å². The zero-order valence-corrected chi connectivity index (χ0v) is 12.1. The monoisotopic (exact) mass is 351 g/mol. The normalized spacial score (nSPS) is 13.6. The summed E-state index contributed by atoms with van der Waals surface area (Å²) in [7, 11) is 0. The Hall–Kier alpha value is -2.52. The van der Waals surface area contributed by atoms with E-state index >= 15 is 0 Å². The van der Waals surface area contributed by atoms with Gasteiger partial charge in [0.15, 0.2) is 0 Å². The van der Waals surface area contributed by atoms with Crippen molar-refractivity contribution in [1.29, 1.82) is 0 Å². The second-order valence-corrected chi connectivity index (χ2v) is 4.95. The molecule has 0 aliphatic carbocycles. The van der Waals surface area contributed by atoms with Crippen molar-refractivity contribution in [3.8, 4) is 0 Å². The average Bonchev–Trinajstić information content (AvgIpc) is 2.98. The standard InChI is InChI=1S/C14H11F6N3O/c1-8(23-4-2-3-21-23)12(24)22-11-6-9(13(15,16)17)5-10(7-11)14(18,19)20/h2-8H,1H3,(H,22,24). The van der Waals surface area contributed by atoms with Crippen LogP contribution in [0.15, 0.2) is 36.7 Å². The molecule has 2 rings (SSSR count). The molecule has 0 saturated carbocycles. The lowest BCUT2D eigenvalue weighted by molar-refractivity contribution is -0.143. The number of carbonyl (C=O) groups is 1. The number of aromatic nitrogens is 2. The van der Waals surface area contributed by atoms with Gasteiger partial charge in [-0.2, -0.15) is 31.4 Å². The molecule has 1 amide bonds. The van der Waals surface area contributed by atoms with E-state index in [1.165, 1.54) is 30.1 Å². The van der Waals surface area contributed by atoms with Crippen molar-refractivity contribution in [2.24, 2.45) is 0 Å². The molecule has 0 spiro atoms. The van der Waals surface area contributed by atoms with Crippen molar-refractivity contribution in [3.63, 3.8) is 0 Å². The van der Waals surface area contributed by atoms with E-state index in [0.717, 1.165) is 0 Å². The third kappa shape index (κ3) is 4.06. The van der Waals surface area contributed by atoms with Gasteiger partial charge in [0.25, 0.3) is 0 Å². The smallest absolute Gasteiger partial charge is 0.324 e. The molecule has 1 aromatic heterocycles. The minimum atomic E-state index is -4.98. The number of nitrogens with zero attached hydrogens (tertiary/aromatic N) is 2. The molecular formula is C14H11F6N3O. The van der Waals surface area contributed by atoms with Crippen molar-refractivity contribution in [3.05, 3.63) is 47.8 Å². The van der Waals surface area contributed by atoms with Crippen LogP contribution in [0.3, 0.4) is 0 Å². The van der Waals surface area contributed by atoms with Crippen LogP contribution in [-0.2, 0) is 17.1 Å². The van der Waals surface area contributed by atoms with E-state index in [1.54, 1.807) is 0 Å². The Morgan fingerprint density at radius 1 is 1.08 bits per heavy atom. The zero-order chi connectivity index (χ0) is 18.1. The SMILES string of the molecule is CC(C(=O)Nc1cc(C(F)(F)F)cc(C(F)(F)F)c1)n1cccn1. The summed E-state index contributed by atoms with van der Waals surface area (Å²) in [4.78, 5) is 12.0. The van der Waals surface area contributed by atoms with Gasteiger partial charge < -0.3 is 5.32 Å². The molecule has 130 valence electrons. The summed E-state index contributed by atoms with van der Waals surface area (Å²) >= 11 is 0. The van der Waals surface area contributed by atoms with Crippen LogP contribution in [0.5, 0.6) is 0 Å². The molecule has 0 saturated heterocycles. The Balaban J connectivity index is 2.34. The first-order valence-electron chi connectivity index (χ1n) is 6.58. The number of halogens is 6. The van der Waals surface area contributed by atoms with Crippen molar-refractivity contribution >= 4 is 11.6 Å². The molecule has 0 bridgehead atoms. The number of benzene rings is 1. The lowest BCUT2D eigenvalue weighted by Gasteiger charge is -2.16. The first-order chi connectivity index (χ1) is 11.0. The molecule has 1 atom stereocenters. The lowest BCUT2D eigenvalue weighted by Crippen LogP contribution is -2.24. The van der Waals surface area contributed by atoms with Gasteiger partial charge in [-0.25, -0.2) is 0 Å². The fourth-order valence-corrected chi connectivity index (χ4v) is 1.90. The van der Waals surface area contributed by atoms with Gasteiger partial charge >= 0.3 is 12.4 Å². The number of rotatable bonds is 3. The summed E-state index contributed by atoms with van der Waals surface area (Å²) in [6, 6.07) is 1.50. The highest BCUT2D eigenvalue weighted by Gasteiger charge is 2.37. The van der Waals surface area contributed by atoms with Gasteiger partial charge in [0.1, 0.15) is 6.04 Å². The molecule has 0 radical (unpaired) electrons. The van der Waals surface area contributed by atoms with E-state index in [-0.39, 0.29) is 6.07 Å². The third-order valence-electron chi connectivity index (χ3n) is 3.16. The maximum atomic E-state index is 12.8. The third-order valence-corrected chi connectivity index (χ3v) is 3.16. The van der Waals surface area contributed by atoms with Crippen LogP contribution < -0.4 is 5.32 Å². The molecule has 0 aliphatic rings. The van der Waals surface area contributed by atoms with Crippen molar-refractivity contribution in [1.82, 2.24) is 9.78 Å². The molecule has 0 aliphatic heterocycles. The fraction of sp³-hybridized carbons (Fsp3) is 0.286. The Kier molecular flexibility index (Phi) is 4.59. The van der Waals surface area contributed by atoms with Gasteiger partial charge in [-0.15, -0.1) is 0 Å². The Morgan fingerprint density at radius 3 is 2.04 bits per heavy atom. The number of anilines is 1. The maximum Gasteiger partial charge on any atom is 0.416 e. The summed E-state index contributed by atoms with van der Waals surface area (Å²) in [6.07, 6.45) is -7.13. The summed E-state index contributed by atoms with van der Waals surface area (Å²) in [5.74, 6) is -0.800. The fourth-order valence-electron chi connectivity index (χ4n) is 1.90. The number of hydrogen-bond donors (Lipinski definition) is 1. The topological polar surface area (TPSA) is 46.9 Å². The number of carbonyl (C=O) groups excluding carboxylic acids is 1. The number of hydrogen-bond acceptors (Lipinski definition) is 2. The minimum Gasteiger partial charge on any atom is -0.324 e. The van der Waals surface area contributed by atoms with E-state index in [0.29, 0.717) is 12.1 Å². The molecule has 4 nitrogen and oxygen atoms in total. The minimum absolute atomic E-state index is 0.00736. The van der Waals surface area contributed by atoms with Gasteiger partial charge in [-0.1, -0.05) is 0 Å². The van der Waals surface area contributed by atoms with Gasteiger partial charge in [0, 0.05) is 18.1 Å². The van der Waals surface area contributed by atoms with E-state index in [2.05, 4.69) is 10.4 Å². The predicted octanol–water partition coefficient (Wildman–Crippen LogP) is 4.12. The highest BCUT2D eigenvalue weighted by Crippen LogP contribution is 2.37. The van der Waals surface area contributed by atoms with Crippen LogP contribution in [0.25, 0.3) is 0 Å². The molecule has 24 heavy (non-hydrogen) atoms. The first-order valence-corrected chi connectivity index (χ1v) is 6.58. The molecule has 1 unspecified atom stereocenters. The van der Waals surface area contributed by atoms with Crippen LogP contribution in [0.2, 0.25) is 0 Å². The van der Waals surface area contributed by atoms with Gasteiger partial charge in [0.05, 0.1) is 11.1 Å². The second-order valence-electron chi connectivity index (χ2n) is 4.95. The van der Waals surface area contributed by atoms with Gasteiger partial charge in [-0.3, -0.25) is 9.48 Å².